The summed E-state index contributed by atoms with van der Waals surface area (Å²) in [5.41, 5.74) is 0. The lowest BCUT2D eigenvalue weighted by atomic mass is 10.5. The highest BCUT2D eigenvalue weighted by Crippen LogP contribution is 2.26. The number of halogens is 1. The maximum atomic E-state index is 12.3. The van der Waals surface area contributed by atoms with Crippen molar-refractivity contribution in [2.24, 2.45) is 0 Å². The van der Waals surface area contributed by atoms with Crippen molar-refractivity contribution in [3.05, 3.63) is 37.8 Å². The van der Waals surface area contributed by atoms with Crippen molar-refractivity contribution in [1.29, 1.82) is 0 Å². The van der Waals surface area contributed by atoms with Gasteiger partial charge in [0.05, 0.1) is 0 Å². The molecule has 7 heteroatoms. The van der Waals surface area contributed by atoms with Gasteiger partial charge in [0, 0.05) is 33.2 Å². The van der Waals surface area contributed by atoms with Gasteiger partial charge < -0.3 is 0 Å². The quantitative estimate of drug-likeness (QED) is 0.828. The summed E-state index contributed by atoms with van der Waals surface area (Å²) in [6.07, 6.45) is 0. The van der Waals surface area contributed by atoms with Gasteiger partial charge in [0.1, 0.15) is 4.21 Å². The van der Waals surface area contributed by atoms with Gasteiger partial charge >= 0.3 is 0 Å². The molecule has 0 bridgehead atoms. The molecule has 0 aliphatic heterocycles. The Kier molecular flexibility index (Phi) is 4.28. The topological polar surface area (TPSA) is 37.4 Å². The van der Waals surface area contributed by atoms with Gasteiger partial charge in [-0.3, -0.25) is 0 Å². The van der Waals surface area contributed by atoms with E-state index in [1.54, 1.807) is 24.5 Å². The summed E-state index contributed by atoms with van der Waals surface area (Å²) in [6, 6.07) is 5.43. The van der Waals surface area contributed by atoms with Crippen LogP contribution in [0.15, 0.2) is 32.3 Å². The molecule has 0 N–H and O–H groups in total. The lowest BCUT2D eigenvalue weighted by Gasteiger charge is -2.14. The lowest BCUT2D eigenvalue weighted by Crippen LogP contribution is -2.25. The molecule has 0 unspecified atom stereocenters. The minimum absolute atomic E-state index is 0.398. The maximum absolute atomic E-state index is 12.3. The molecular formula is C11H12BrNO2S3. The molecule has 0 atom stereocenters. The molecule has 0 aliphatic rings. The van der Waals surface area contributed by atoms with E-state index in [1.807, 2.05) is 24.4 Å². The van der Waals surface area contributed by atoms with Crippen LogP contribution in [0.1, 0.15) is 9.75 Å². The molecule has 18 heavy (non-hydrogen) atoms. The van der Waals surface area contributed by atoms with Crippen LogP contribution in [0, 0.1) is 6.92 Å². The van der Waals surface area contributed by atoms with E-state index in [0.717, 1.165) is 14.2 Å². The normalized spacial score (nSPS) is 12.2. The van der Waals surface area contributed by atoms with Gasteiger partial charge in [-0.2, -0.15) is 4.31 Å². The van der Waals surface area contributed by atoms with Gasteiger partial charge in [0.2, 0.25) is 0 Å². The van der Waals surface area contributed by atoms with Gasteiger partial charge in [-0.1, -0.05) is 0 Å². The average Bonchev–Trinajstić information content (AvgIpc) is 2.88. The highest BCUT2D eigenvalue weighted by molar-refractivity contribution is 9.10. The third kappa shape index (κ3) is 3.03. The van der Waals surface area contributed by atoms with Crippen LogP contribution in [0.3, 0.4) is 0 Å². The second-order valence-electron chi connectivity index (χ2n) is 3.86. The zero-order valence-corrected chi connectivity index (χ0v) is 13.9. The summed E-state index contributed by atoms with van der Waals surface area (Å²) in [6.45, 7) is 2.30. The van der Waals surface area contributed by atoms with Gasteiger partial charge in [-0.05, 0) is 41.1 Å². The summed E-state index contributed by atoms with van der Waals surface area (Å²) in [4.78, 5) is 2.02. The van der Waals surface area contributed by atoms with Gasteiger partial charge in [0.25, 0.3) is 10.0 Å². The molecule has 2 aromatic rings. The van der Waals surface area contributed by atoms with Crippen molar-refractivity contribution in [3.8, 4) is 0 Å². The number of aryl methyl sites for hydroxylation is 1. The van der Waals surface area contributed by atoms with Crippen LogP contribution in [0.4, 0.5) is 0 Å². The summed E-state index contributed by atoms with van der Waals surface area (Å²) < 4.78 is 27.3. The number of rotatable bonds is 4. The fraction of sp³-hybridized carbons (Fsp3) is 0.273. The average molecular weight is 366 g/mol. The summed E-state index contributed by atoms with van der Waals surface area (Å²) in [5.74, 6) is 0. The van der Waals surface area contributed by atoms with Gasteiger partial charge in [-0.15, -0.1) is 22.7 Å². The highest BCUT2D eigenvalue weighted by atomic mass is 79.9. The maximum Gasteiger partial charge on any atom is 0.252 e. The molecule has 2 aromatic heterocycles. The Bertz CT molecular complexity index is 645. The van der Waals surface area contributed by atoms with E-state index in [9.17, 15) is 8.42 Å². The van der Waals surface area contributed by atoms with Crippen LogP contribution in [-0.2, 0) is 16.6 Å². The Morgan fingerprint density at radius 2 is 2.11 bits per heavy atom. The van der Waals surface area contributed by atoms with E-state index in [0.29, 0.717) is 10.8 Å². The van der Waals surface area contributed by atoms with Crippen LogP contribution in [0.5, 0.6) is 0 Å². The first-order valence-corrected chi connectivity index (χ1v) is 9.08. The largest absolute Gasteiger partial charge is 0.252 e. The number of thiophene rings is 2. The fourth-order valence-electron chi connectivity index (χ4n) is 1.45. The van der Waals surface area contributed by atoms with E-state index in [4.69, 9.17) is 0 Å². The predicted molar refractivity (Wildman–Crippen MR) is 79.7 cm³/mol. The number of hydrogen-bond acceptors (Lipinski definition) is 4. The van der Waals surface area contributed by atoms with Crippen molar-refractivity contribution in [1.82, 2.24) is 4.31 Å². The smallest absolute Gasteiger partial charge is 0.206 e. The second-order valence-corrected chi connectivity index (χ2v) is 9.33. The molecule has 2 rings (SSSR count). The van der Waals surface area contributed by atoms with Crippen molar-refractivity contribution < 1.29 is 8.42 Å². The van der Waals surface area contributed by atoms with E-state index >= 15 is 0 Å². The Labute approximate surface area is 123 Å². The SMILES string of the molecule is Cc1ccc(S(=O)(=O)N(C)Cc2cc(Br)cs2)s1. The molecule has 0 saturated carbocycles. The van der Waals surface area contributed by atoms with Crippen molar-refractivity contribution in [2.75, 3.05) is 7.05 Å². The van der Waals surface area contributed by atoms with E-state index in [2.05, 4.69) is 15.9 Å². The first-order valence-electron chi connectivity index (χ1n) is 5.15. The minimum atomic E-state index is -3.36. The monoisotopic (exact) mass is 365 g/mol. The fourth-order valence-corrected chi connectivity index (χ4v) is 5.67. The third-order valence-electron chi connectivity index (χ3n) is 2.38. The zero-order chi connectivity index (χ0) is 13.3. The summed E-state index contributed by atoms with van der Waals surface area (Å²) in [5, 5.41) is 1.95. The molecule has 3 nitrogen and oxygen atoms in total. The molecule has 0 aromatic carbocycles. The minimum Gasteiger partial charge on any atom is -0.206 e. The molecule has 0 fully saturated rings. The van der Waals surface area contributed by atoms with Crippen molar-refractivity contribution in [2.45, 2.75) is 17.7 Å². The van der Waals surface area contributed by atoms with Crippen molar-refractivity contribution >= 4 is 48.6 Å². The molecule has 0 spiro atoms. The van der Waals surface area contributed by atoms with Gasteiger partial charge in [-0.25, -0.2) is 8.42 Å². The number of hydrogen-bond donors (Lipinski definition) is 0. The van der Waals surface area contributed by atoms with Crippen LogP contribution in [-0.4, -0.2) is 19.8 Å². The number of sulfonamides is 1. The highest BCUT2D eigenvalue weighted by Gasteiger charge is 2.22. The molecule has 0 aliphatic carbocycles. The van der Waals surface area contributed by atoms with E-state index in [-0.39, 0.29) is 0 Å². The second kappa shape index (κ2) is 5.42. The van der Waals surface area contributed by atoms with E-state index < -0.39 is 10.0 Å². The van der Waals surface area contributed by atoms with Crippen molar-refractivity contribution in [3.63, 3.8) is 0 Å². The Hall–Kier alpha value is -0.210. The standard InChI is InChI=1S/C11H12BrNO2S3/c1-8-3-4-11(17-8)18(14,15)13(2)6-10-5-9(12)7-16-10/h3-5,7H,6H2,1-2H3. The molecule has 0 amide bonds. The first-order chi connectivity index (χ1) is 8.39. The molecule has 2 heterocycles. The van der Waals surface area contributed by atoms with E-state index in [1.165, 1.54) is 15.6 Å². The Balaban J connectivity index is 2.20. The van der Waals surface area contributed by atoms with Crippen LogP contribution >= 0.6 is 38.6 Å². The molecule has 0 saturated heterocycles. The van der Waals surface area contributed by atoms with Crippen LogP contribution < -0.4 is 0 Å². The van der Waals surface area contributed by atoms with Crippen LogP contribution in [0.2, 0.25) is 0 Å². The Morgan fingerprint density at radius 1 is 1.39 bits per heavy atom. The van der Waals surface area contributed by atoms with Crippen LogP contribution in [0.25, 0.3) is 0 Å². The number of nitrogens with zero attached hydrogens (tertiary/aromatic N) is 1. The molecule has 0 radical (unpaired) electrons. The summed E-state index contributed by atoms with van der Waals surface area (Å²) in [7, 11) is -1.75. The lowest BCUT2D eigenvalue weighted by molar-refractivity contribution is 0.471. The van der Waals surface area contributed by atoms with Gasteiger partial charge in [0.15, 0.2) is 0 Å². The molecular weight excluding hydrogens is 354 g/mol. The third-order valence-corrected chi connectivity index (χ3v) is 7.33. The predicted octanol–water partition coefficient (Wildman–Crippen LogP) is 3.70. The summed E-state index contributed by atoms with van der Waals surface area (Å²) >= 11 is 6.21. The zero-order valence-electron chi connectivity index (χ0n) is 9.88. The Morgan fingerprint density at radius 3 is 2.61 bits per heavy atom. The first kappa shape index (κ1) is 14.2. The molecule has 98 valence electrons.